The molecule has 0 N–H and O–H groups in total. The zero-order chi connectivity index (χ0) is 15.0. The average molecular weight is 319 g/mol. The minimum Gasteiger partial charge on any atom is -0.379 e. The van der Waals surface area contributed by atoms with Gasteiger partial charge in [0.25, 0.3) is 0 Å². The Morgan fingerprint density at radius 2 is 2.14 bits per heavy atom. The first-order valence-electron chi connectivity index (χ1n) is 7.73. The first-order chi connectivity index (χ1) is 10.8. The number of morpholine rings is 1. The topological polar surface area (TPSA) is 39.5 Å². The van der Waals surface area contributed by atoms with Crippen LogP contribution in [-0.2, 0) is 23.1 Å². The normalized spacial score (nSPS) is 26.0. The third-order valence-corrected chi connectivity index (χ3v) is 5.75. The Morgan fingerprint density at radius 3 is 2.91 bits per heavy atom. The molecule has 2 aromatic rings. The third-order valence-electron chi connectivity index (χ3n) is 4.63. The molecule has 0 aromatic carbocycles. The van der Waals surface area contributed by atoms with Crippen molar-refractivity contribution in [1.82, 2.24) is 14.7 Å². The molecule has 1 unspecified atom stereocenters. The molecule has 5 nitrogen and oxygen atoms in total. The molecule has 2 aliphatic rings. The van der Waals surface area contributed by atoms with E-state index < -0.39 is 0 Å². The van der Waals surface area contributed by atoms with Gasteiger partial charge in [0, 0.05) is 48.3 Å². The van der Waals surface area contributed by atoms with E-state index in [1.807, 2.05) is 29.3 Å². The lowest BCUT2D eigenvalue weighted by Gasteiger charge is -2.43. The van der Waals surface area contributed by atoms with Crippen LogP contribution in [0, 0.1) is 0 Å². The largest absolute Gasteiger partial charge is 0.379 e. The monoisotopic (exact) mass is 319 g/mol. The van der Waals surface area contributed by atoms with Crippen LogP contribution in [-0.4, -0.2) is 53.2 Å². The predicted octanol–water partition coefficient (Wildman–Crippen LogP) is 2.14. The molecule has 118 valence electrons. The molecule has 2 aromatic heterocycles. The Balaban J connectivity index is 1.52. The first-order valence-corrected chi connectivity index (χ1v) is 8.55. The second-order valence-electron chi connectivity index (χ2n) is 6.17. The number of aryl methyl sites for hydroxylation is 1. The summed E-state index contributed by atoms with van der Waals surface area (Å²) < 4.78 is 13.2. The van der Waals surface area contributed by atoms with E-state index in [2.05, 4.69) is 28.3 Å². The van der Waals surface area contributed by atoms with Crippen molar-refractivity contribution in [3.8, 4) is 10.4 Å². The van der Waals surface area contributed by atoms with Crippen molar-refractivity contribution in [2.24, 2.45) is 7.05 Å². The summed E-state index contributed by atoms with van der Waals surface area (Å²) in [5.41, 5.74) is 1.29. The molecule has 4 rings (SSSR count). The SMILES string of the molecule is Cn1cc(-c2ccc(CN3CCOCC34CCOC4)s2)cn1. The van der Waals surface area contributed by atoms with Gasteiger partial charge in [0.2, 0.25) is 0 Å². The second-order valence-corrected chi connectivity index (χ2v) is 7.34. The van der Waals surface area contributed by atoms with E-state index >= 15 is 0 Å². The Kier molecular flexibility index (Phi) is 3.78. The van der Waals surface area contributed by atoms with E-state index in [0.717, 1.165) is 45.9 Å². The van der Waals surface area contributed by atoms with E-state index in [0.29, 0.717) is 0 Å². The van der Waals surface area contributed by atoms with Crippen LogP contribution < -0.4 is 0 Å². The van der Waals surface area contributed by atoms with Gasteiger partial charge in [-0.25, -0.2) is 0 Å². The average Bonchev–Trinajstić information content (AvgIpc) is 3.23. The zero-order valence-corrected chi connectivity index (χ0v) is 13.6. The fourth-order valence-corrected chi connectivity index (χ4v) is 4.32. The maximum atomic E-state index is 5.72. The summed E-state index contributed by atoms with van der Waals surface area (Å²) in [6, 6.07) is 4.45. The molecule has 0 radical (unpaired) electrons. The molecule has 1 spiro atoms. The van der Waals surface area contributed by atoms with Crippen LogP contribution in [0.15, 0.2) is 24.5 Å². The molecule has 0 aliphatic carbocycles. The molecule has 6 heteroatoms. The fraction of sp³-hybridized carbons (Fsp3) is 0.562. The highest BCUT2D eigenvalue weighted by atomic mass is 32.1. The summed E-state index contributed by atoms with van der Waals surface area (Å²) in [7, 11) is 1.95. The van der Waals surface area contributed by atoms with Gasteiger partial charge in [-0.2, -0.15) is 5.10 Å². The quantitative estimate of drug-likeness (QED) is 0.869. The molecular weight excluding hydrogens is 298 g/mol. The molecule has 4 heterocycles. The molecule has 0 bridgehead atoms. The summed E-state index contributed by atoms with van der Waals surface area (Å²) >= 11 is 1.86. The molecule has 2 aliphatic heterocycles. The fourth-order valence-electron chi connectivity index (χ4n) is 3.33. The van der Waals surface area contributed by atoms with Crippen molar-refractivity contribution in [3.05, 3.63) is 29.4 Å². The number of hydrogen-bond acceptors (Lipinski definition) is 5. The highest BCUT2D eigenvalue weighted by molar-refractivity contribution is 7.15. The van der Waals surface area contributed by atoms with Gasteiger partial charge in [-0.1, -0.05) is 0 Å². The van der Waals surface area contributed by atoms with Crippen molar-refractivity contribution in [2.45, 2.75) is 18.5 Å². The van der Waals surface area contributed by atoms with Gasteiger partial charge in [-0.15, -0.1) is 11.3 Å². The van der Waals surface area contributed by atoms with Crippen molar-refractivity contribution in [3.63, 3.8) is 0 Å². The van der Waals surface area contributed by atoms with Crippen molar-refractivity contribution in [2.75, 3.05) is 33.0 Å². The number of thiophene rings is 1. The molecular formula is C16H21N3O2S. The molecule has 22 heavy (non-hydrogen) atoms. The van der Waals surface area contributed by atoms with Gasteiger partial charge in [0.05, 0.1) is 31.6 Å². The van der Waals surface area contributed by atoms with E-state index in [9.17, 15) is 0 Å². The second kappa shape index (κ2) is 5.77. The lowest BCUT2D eigenvalue weighted by atomic mass is 9.96. The van der Waals surface area contributed by atoms with E-state index in [-0.39, 0.29) is 5.54 Å². The number of aromatic nitrogens is 2. The van der Waals surface area contributed by atoms with Crippen molar-refractivity contribution in [1.29, 1.82) is 0 Å². The van der Waals surface area contributed by atoms with Gasteiger partial charge in [-0.3, -0.25) is 9.58 Å². The van der Waals surface area contributed by atoms with E-state index in [4.69, 9.17) is 9.47 Å². The van der Waals surface area contributed by atoms with Crippen LogP contribution in [0.1, 0.15) is 11.3 Å². The molecule has 2 saturated heterocycles. The number of rotatable bonds is 3. The standard InChI is InChI=1S/C16H21N3O2S/c1-18-9-13(8-17-18)15-3-2-14(22-15)10-19-5-7-21-12-16(19)4-6-20-11-16/h2-3,8-9H,4-7,10-12H2,1H3. The van der Waals surface area contributed by atoms with Gasteiger partial charge in [0.1, 0.15) is 0 Å². The predicted molar refractivity (Wildman–Crippen MR) is 85.9 cm³/mol. The minimum atomic E-state index is 0.0940. The Hall–Kier alpha value is -1.21. The van der Waals surface area contributed by atoms with E-state index in [1.165, 1.54) is 15.3 Å². The molecule has 0 saturated carbocycles. The van der Waals surface area contributed by atoms with Crippen LogP contribution in [0.25, 0.3) is 10.4 Å². The van der Waals surface area contributed by atoms with Crippen molar-refractivity contribution >= 4 is 11.3 Å². The smallest absolute Gasteiger partial charge is 0.0704 e. The first kappa shape index (κ1) is 14.4. The van der Waals surface area contributed by atoms with E-state index in [1.54, 1.807) is 0 Å². The van der Waals surface area contributed by atoms with Gasteiger partial charge in [0.15, 0.2) is 0 Å². The van der Waals surface area contributed by atoms with Crippen LogP contribution in [0.4, 0.5) is 0 Å². The Morgan fingerprint density at radius 1 is 1.27 bits per heavy atom. The number of hydrogen-bond donors (Lipinski definition) is 0. The highest BCUT2D eigenvalue weighted by Crippen LogP contribution is 2.34. The number of ether oxygens (including phenoxy) is 2. The Bertz CT molecular complexity index is 645. The lowest BCUT2D eigenvalue weighted by molar-refractivity contribution is -0.0745. The van der Waals surface area contributed by atoms with Gasteiger partial charge < -0.3 is 9.47 Å². The van der Waals surface area contributed by atoms with Crippen LogP contribution in [0.2, 0.25) is 0 Å². The third kappa shape index (κ3) is 2.60. The Labute approximate surface area is 134 Å². The summed E-state index contributed by atoms with van der Waals surface area (Å²) in [5, 5.41) is 4.26. The summed E-state index contributed by atoms with van der Waals surface area (Å²) in [4.78, 5) is 5.24. The van der Waals surface area contributed by atoms with Crippen molar-refractivity contribution < 1.29 is 9.47 Å². The number of nitrogens with zero attached hydrogens (tertiary/aromatic N) is 3. The summed E-state index contributed by atoms with van der Waals surface area (Å²) in [5.74, 6) is 0. The molecule has 2 fully saturated rings. The van der Waals surface area contributed by atoms with Gasteiger partial charge >= 0.3 is 0 Å². The highest BCUT2D eigenvalue weighted by Gasteiger charge is 2.43. The maximum Gasteiger partial charge on any atom is 0.0704 e. The minimum absolute atomic E-state index is 0.0940. The summed E-state index contributed by atoms with van der Waals surface area (Å²) in [6.07, 6.45) is 5.07. The lowest BCUT2D eigenvalue weighted by Crippen LogP contribution is -2.56. The van der Waals surface area contributed by atoms with Crippen LogP contribution in [0.3, 0.4) is 0 Å². The maximum absolute atomic E-state index is 5.72. The van der Waals surface area contributed by atoms with Crippen LogP contribution in [0.5, 0.6) is 0 Å². The molecule has 1 atom stereocenters. The summed E-state index contributed by atoms with van der Waals surface area (Å²) in [6.45, 7) is 5.25. The van der Waals surface area contributed by atoms with Crippen LogP contribution >= 0.6 is 11.3 Å². The zero-order valence-electron chi connectivity index (χ0n) is 12.8. The van der Waals surface area contributed by atoms with Gasteiger partial charge in [-0.05, 0) is 18.6 Å². The molecule has 0 amide bonds.